The van der Waals surface area contributed by atoms with Crippen molar-refractivity contribution in [2.75, 3.05) is 50.7 Å². The maximum atomic E-state index is 15.0. The highest BCUT2D eigenvalue weighted by Gasteiger charge is 2.41. The average molecular weight is 394 g/mol. The van der Waals surface area contributed by atoms with Gasteiger partial charge in [0.15, 0.2) is 0 Å². The van der Waals surface area contributed by atoms with E-state index in [2.05, 4.69) is 26.2 Å². The van der Waals surface area contributed by atoms with Crippen molar-refractivity contribution in [3.8, 4) is 6.07 Å². The minimum atomic E-state index is -0.818. The quantitative estimate of drug-likeness (QED) is 0.869. The molecule has 1 aromatic carbocycles. The summed E-state index contributed by atoms with van der Waals surface area (Å²) in [6.07, 6.45) is 4.66. The van der Waals surface area contributed by atoms with Gasteiger partial charge in [-0.15, -0.1) is 0 Å². The second kappa shape index (κ2) is 7.55. The molecule has 29 heavy (non-hydrogen) atoms. The zero-order valence-corrected chi connectivity index (χ0v) is 16.8. The molecule has 5 rings (SSSR count). The predicted octanol–water partition coefficient (Wildman–Crippen LogP) is 2.96. The number of nitrogens with one attached hydrogen (secondary N) is 1. The first-order valence-electron chi connectivity index (χ1n) is 10.8. The number of rotatable bonds is 3. The second-order valence-electron chi connectivity index (χ2n) is 9.06. The second-order valence-corrected chi connectivity index (χ2v) is 9.06. The van der Waals surface area contributed by atoms with Crippen LogP contribution < -0.4 is 10.2 Å². The monoisotopic (exact) mass is 393 g/mol. The van der Waals surface area contributed by atoms with Crippen molar-refractivity contribution < 1.29 is 4.39 Å². The average Bonchev–Trinajstić information content (AvgIpc) is 3.31. The number of nitriles is 1. The Morgan fingerprint density at radius 3 is 2.90 bits per heavy atom. The summed E-state index contributed by atoms with van der Waals surface area (Å²) in [6.45, 7) is 6.46. The molecule has 0 radical (unpaired) electrons. The predicted molar refractivity (Wildman–Crippen MR) is 113 cm³/mol. The summed E-state index contributed by atoms with van der Waals surface area (Å²) in [7, 11) is 0. The third-order valence-electron chi connectivity index (χ3n) is 7.24. The minimum absolute atomic E-state index is 0.0363. The van der Waals surface area contributed by atoms with Gasteiger partial charge in [0.2, 0.25) is 0 Å². The van der Waals surface area contributed by atoms with E-state index in [0.29, 0.717) is 23.0 Å². The molecule has 0 bridgehead atoms. The fraction of sp³-hybridized carbons (Fsp3) is 0.565. The molecule has 1 N–H and O–H groups in total. The highest BCUT2D eigenvalue weighted by Crippen LogP contribution is 2.40. The number of piperidine rings is 1. The number of benzene rings is 1. The molecule has 0 aliphatic carbocycles. The molecule has 0 saturated carbocycles. The van der Waals surface area contributed by atoms with Gasteiger partial charge in [-0.25, -0.2) is 4.39 Å². The van der Waals surface area contributed by atoms with E-state index in [-0.39, 0.29) is 5.92 Å². The Bertz CT molecular complexity index is 933. The van der Waals surface area contributed by atoms with Crippen molar-refractivity contribution in [3.63, 3.8) is 0 Å². The fourth-order valence-electron chi connectivity index (χ4n) is 5.60. The normalized spacial score (nSPS) is 27.0. The molecule has 152 valence electrons. The highest BCUT2D eigenvalue weighted by atomic mass is 19.1. The van der Waals surface area contributed by atoms with Gasteiger partial charge < -0.3 is 15.1 Å². The third kappa shape index (κ3) is 3.47. The number of anilines is 1. The van der Waals surface area contributed by atoms with Crippen LogP contribution in [0.15, 0.2) is 30.5 Å². The van der Waals surface area contributed by atoms with Crippen LogP contribution in [0.4, 0.5) is 10.1 Å². The van der Waals surface area contributed by atoms with Crippen LogP contribution in [0.5, 0.6) is 0 Å². The molecule has 4 heterocycles. The SMILES string of the molecule is N#Cc1ccc(N2CC(F)[C@@H](CN3CCC4(CCNCC4)C3)C2)c2cccnc12. The molecule has 6 heteroatoms. The Kier molecular flexibility index (Phi) is 4.89. The van der Waals surface area contributed by atoms with Gasteiger partial charge in [0.25, 0.3) is 0 Å². The van der Waals surface area contributed by atoms with Gasteiger partial charge in [-0.3, -0.25) is 4.98 Å². The lowest BCUT2D eigenvalue weighted by Crippen LogP contribution is -2.40. The molecule has 5 nitrogen and oxygen atoms in total. The largest absolute Gasteiger partial charge is 0.368 e. The van der Waals surface area contributed by atoms with Crippen molar-refractivity contribution in [1.29, 1.82) is 5.26 Å². The summed E-state index contributed by atoms with van der Waals surface area (Å²) in [5.41, 5.74) is 2.73. The van der Waals surface area contributed by atoms with E-state index in [0.717, 1.165) is 50.3 Å². The fourth-order valence-corrected chi connectivity index (χ4v) is 5.60. The van der Waals surface area contributed by atoms with Crippen LogP contribution in [0, 0.1) is 22.7 Å². The lowest BCUT2D eigenvalue weighted by Gasteiger charge is -2.34. The van der Waals surface area contributed by atoms with Gasteiger partial charge in [-0.05, 0) is 68.6 Å². The van der Waals surface area contributed by atoms with Crippen LogP contribution in [-0.4, -0.2) is 61.9 Å². The number of alkyl halides is 1. The molecule has 2 aromatic rings. The number of pyridine rings is 1. The van der Waals surface area contributed by atoms with Gasteiger partial charge in [0, 0.05) is 49.4 Å². The minimum Gasteiger partial charge on any atom is -0.368 e. The molecule has 3 aliphatic rings. The molecule has 0 amide bonds. The van der Waals surface area contributed by atoms with Crippen LogP contribution >= 0.6 is 0 Å². The van der Waals surface area contributed by atoms with Crippen LogP contribution in [0.3, 0.4) is 0 Å². The number of hydrogen-bond donors (Lipinski definition) is 1. The Balaban J connectivity index is 1.31. The van der Waals surface area contributed by atoms with Gasteiger partial charge in [-0.1, -0.05) is 0 Å². The maximum Gasteiger partial charge on any atom is 0.123 e. The van der Waals surface area contributed by atoms with Crippen LogP contribution in [0.2, 0.25) is 0 Å². The smallest absolute Gasteiger partial charge is 0.123 e. The number of fused-ring (bicyclic) bond motifs is 1. The Hall–Kier alpha value is -2.23. The zero-order chi connectivity index (χ0) is 19.8. The Morgan fingerprint density at radius 1 is 1.21 bits per heavy atom. The Morgan fingerprint density at radius 2 is 2.07 bits per heavy atom. The van der Waals surface area contributed by atoms with Gasteiger partial charge in [-0.2, -0.15) is 5.26 Å². The summed E-state index contributed by atoms with van der Waals surface area (Å²) in [6, 6.07) is 9.86. The summed E-state index contributed by atoms with van der Waals surface area (Å²) in [5.74, 6) is 0.0363. The molecule has 3 saturated heterocycles. The molecule has 2 atom stereocenters. The first-order chi connectivity index (χ1) is 14.2. The number of nitrogens with zero attached hydrogens (tertiary/aromatic N) is 4. The Labute approximate surface area is 171 Å². The van der Waals surface area contributed by atoms with Crippen molar-refractivity contribution in [3.05, 3.63) is 36.0 Å². The molecular weight excluding hydrogens is 365 g/mol. The van der Waals surface area contributed by atoms with Crippen molar-refractivity contribution in [2.45, 2.75) is 25.4 Å². The van der Waals surface area contributed by atoms with Crippen LogP contribution in [-0.2, 0) is 0 Å². The summed E-state index contributed by atoms with van der Waals surface area (Å²) < 4.78 is 15.0. The molecule has 1 aromatic heterocycles. The zero-order valence-electron chi connectivity index (χ0n) is 16.8. The van der Waals surface area contributed by atoms with E-state index < -0.39 is 6.17 Å². The van der Waals surface area contributed by atoms with Gasteiger partial charge in [0.05, 0.1) is 11.1 Å². The first-order valence-corrected chi connectivity index (χ1v) is 10.8. The van der Waals surface area contributed by atoms with E-state index in [4.69, 9.17) is 0 Å². The van der Waals surface area contributed by atoms with Crippen molar-refractivity contribution >= 4 is 16.6 Å². The molecular formula is C23H28FN5. The van der Waals surface area contributed by atoms with E-state index in [1.807, 2.05) is 24.3 Å². The number of hydrogen-bond acceptors (Lipinski definition) is 5. The van der Waals surface area contributed by atoms with Gasteiger partial charge in [0.1, 0.15) is 12.2 Å². The summed E-state index contributed by atoms with van der Waals surface area (Å²) in [5, 5.41) is 13.8. The lowest BCUT2D eigenvalue weighted by atomic mass is 9.78. The van der Waals surface area contributed by atoms with Crippen molar-refractivity contribution in [2.24, 2.45) is 11.3 Å². The first kappa shape index (κ1) is 18.8. The number of halogens is 1. The van der Waals surface area contributed by atoms with Crippen LogP contribution in [0.25, 0.3) is 10.9 Å². The summed E-state index contributed by atoms with van der Waals surface area (Å²) in [4.78, 5) is 9.05. The van der Waals surface area contributed by atoms with E-state index in [9.17, 15) is 5.26 Å². The lowest BCUT2D eigenvalue weighted by molar-refractivity contribution is 0.168. The van der Waals surface area contributed by atoms with Crippen LogP contribution in [0.1, 0.15) is 24.8 Å². The molecule has 3 aliphatic heterocycles. The van der Waals surface area contributed by atoms with E-state index in [1.165, 1.54) is 19.3 Å². The highest BCUT2D eigenvalue weighted by molar-refractivity contribution is 5.95. The van der Waals surface area contributed by atoms with E-state index >= 15 is 4.39 Å². The standard InChI is InChI=1S/C23H28FN5/c24-20-15-29(21-4-3-17(12-25)22-19(21)2-1-8-27-22)14-18(20)13-28-11-7-23(16-28)5-9-26-10-6-23/h1-4,8,18,20,26H,5-7,9-11,13-16H2/t18-,20?/m0/s1. The topological polar surface area (TPSA) is 55.2 Å². The molecule has 3 fully saturated rings. The third-order valence-corrected chi connectivity index (χ3v) is 7.24. The molecule has 1 spiro atoms. The number of aromatic nitrogens is 1. The van der Waals surface area contributed by atoms with E-state index in [1.54, 1.807) is 6.20 Å². The van der Waals surface area contributed by atoms with Crippen molar-refractivity contribution in [1.82, 2.24) is 15.2 Å². The number of likely N-dealkylation sites (tertiary alicyclic amines) is 1. The maximum absolute atomic E-state index is 15.0. The molecule has 1 unspecified atom stereocenters. The van der Waals surface area contributed by atoms with Gasteiger partial charge >= 0.3 is 0 Å². The summed E-state index contributed by atoms with van der Waals surface area (Å²) >= 11 is 0.